The number of fused-ring (bicyclic) bond motifs is 2. The Kier molecular flexibility index (Phi) is 3.27. The Labute approximate surface area is 129 Å². The lowest BCUT2D eigenvalue weighted by atomic mass is 10.1. The summed E-state index contributed by atoms with van der Waals surface area (Å²) in [5.74, 6) is 0.705. The number of nitrogens with zero attached hydrogens (tertiary/aromatic N) is 3. The largest absolute Gasteiger partial charge is 0.248 e. The van der Waals surface area contributed by atoms with E-state index < -0.39 is 10.0 Å². The molecule has 0 fully saturated rings. The van der Waals surface area contributed by atoms with Crippen LogP contribution in [-0.4, -0.2) is 23.2 Å². The van der Waals surface area contributed by atoms with Crippen LogP contribution in [0.2, 0.25) is 0 Å². The Morgan fingerprint density at radius 3 is 2.95 bits per heavy atom. The number of sulfonamides is 1. The van der Waals surface area contributed by atoms with Crippen molar-refractivity contribution in [1.82, 2.24) is 19.5 Å². The summed E-state index contributed by atoms with van der Waals surface area (Å²) >= 11 is 0. The molecule has 0 saturated heterocycles. The molecule has 1 aromatic heterocycles. The number of nitrogens with one attached hydrogen (secondary N) is 1. The molecule has 116 valence electrons. The summed E-state index contributed by atoms with van der Waals surface area (Å²) in [5, 5.41) is 4.13. The minimum Gasteiger partial charge on any atom is -0.248 e. The first-order valence-corrected chi connectivity index (χ1v) is 9.14. The van der Waals surface area contributed by atoms with E-state index in [-0.39, 0.29) is 6.04 Å². The van der Waals surface area contributed by atoms with Gasteiger partial charge < -0.3 is 0 Å². The standard InChI is InChI=1S/C15H18N4O2S/c20-22(21,13-7-6-11-3-1-4-12(11)9-13)18-14-5-2-8-19-15(14)16-10-17-19/h6-7,9-10,14,18H,1-5,8H2. The monoisotopic (exact) mass is 318 g/mol. The first-order valence-electron chi connectivity index (χ1n) is 7.65. The highest BCUT2D eigenvalue weighted by Gasteiger charge is 2.28. The minimum absolute atomic E-state index is 0.297. The topological polar surface area (TPSA) is 76.9 Å². The third-order valence-corrected chi connectivity index (χ3v) is 5.97. The molecule has 1 aliphatic heterocycles. The van der Waals surface area contributed by atoms with Crippen LogP contribution in [-0.2, 0) is 29.4 Å². The molecule has 2 aromatic rings. The quantitative estimate of drug-likeness (QED) is 0.932. The number of aryl methyl sites for hydroxylation is 3. The van der Waals surface area contributed by atoms with Gasteiger partial charge >= 0.3 is 0 Å². The minimum atomic E-state index is -3.53. The molecular formula is C15H18N4O2S. The zero-order valence-corrected chi connectivity index (χ0v) is 13.0. The number of benzene rings is 1. The second-order valence-corrected chi connectivity index (χ2v) is 7.66. The van der Waals surface area contributed by atoms with Crippen molar-refractivity contribution in [2.45, 2.75) is 49.6 Å². The lowest BCUT2D eigenvalue weighted by Gasteiger charge is -2.23. The highest BCUT2D eigenvalue weighted by Crippen LogP contribution is 2.27. The molecule has 1 N–H and O–H groups in total. The molecule has 0 spiro atoms. The van der Waals surface area contributed by atoms with Crippen molar-refractivity contribution in [2.24, 2.45) is 0 Å². The number of aromatic nitrogens is 3. The summed E-state index contributed by atoms with van der Waals surface area (Å²) in [4.78, 5) is 4.55. The molecule has 1 unspecified atom stereocenters. The van der Waals surface area contributed by atoms with Crippen molar-refractivity contribution >= 4 is 10.0 Å². The third-order valence-electron chi connectivity index (χ3n) is 4.50. The maximum absolute atomic E-state index is 12.7. The Morgan fingerprint density at radius 1 is 1.18 bits per heavy atom. The Bertz CT molecular complexity index is 813. The molecule has 2 aliphatic rings. The van der Waals surface area contributed by atoms with E-state index in [4.69, 9.17) is 0 Å². The predicted molar refractivity (Wildman–Crippen MR) is 80.8 cm³/mol. The van der Waals surface area contributed by atoms with E-state index >= 15 is 0 Å². The summed E-state index contributed by atoms with van der Waals surface area (Å²) in [7, 11) is -3.53. The molecule has 1 atom stereocenters. The Hall–Kier alpha value is -1.73. The van der Waals surface area contributed by atoms with Gasteiger partial charge in [0.05, 0.1) is 10.9 Å². The highest BCUT2D eigenvalue weighted by molar-refractivity contribution is 7.89. The van der Waals surface area contributed by atoms with E-state index in [9.17, 15) is 8.42 Å². The highest BCUT2D eigenvalue weighted by atomic mass is 32.2. The molecule has 0 bridgehead atoms. The molecule has 1 aromatic carbocycles. The van der Waals surface area contributed by atoms with Crippen LogP contribution in [0, 0.1) is 0 Å². The van der Waals surface area contributed by atoms with Crippen molar-refractivity contribution in [1.29, 1.82) is 0 Å². The molecule has 4 rings (SSSR count). The van der Waals surface area contributed by atoms with Gasteiger partial charge in [0.1, 0.15) is 12.2 Å². The van der Waals surface area contributed by atoms with E-state index in [2.05, 4.69) is 14.8 Å². The van der Waals surface area contributed by atoms with Crippen LogP contribution in [0.4, 0.5) is 0 Å². The molecule has 2 heterocycles. The van der Waals surface area contributed by atoms with Crippen LogP contribution in [0.15, 0.2) is 29.4 Å². The van der Waals surface area contributed by atoms with Gasteiger partial charge in [0, 0.05) is 6.54 Å². The fourth-order valence-electron chi connectivity index (χ4n) is 3.37. The maximum atomic E-state index is 12.7. The summed E-state index contributed by atoms with van der Waals surface area (Å²) < 4.78 is 29.9. The van der Waals surface area contributed by atoms with Gasteiger partial charge in [-0.3, -0.25) is 0 Å². The van der Waals surface area contributed by atoms with Gasteiger partial charge in [0.25, 0.3) is 0 Å². The SMILES string of the molecule is O=S(=O)(NC1CCCn2ncnc21)c1ccc2c(c1)CCC2. The Morgan fingerprint density at radius 2 is 2.05 bits per heavy atom. The van der Waals surface area contributed by atoms with Gasteiger partial charge in [-0.1, -0.05) is 6.07 Å². The predicted octanol–water partition coefficient (Wildman–Crippen LogP) is 1.58. The number of hydrogen-bond donors (Lipinski definition) is 1. The van der Waals surface area contributed by atoms with Gasteiger partial charge in [-0.2, -0.15) is 5.10 Å². The van der Waals surface area contributed by atoms with Crippen molar-refractivity contribution in [3.63, 3.8) is 0 Å². The van der Waals surface area contributed by atoms with Crippen LogP contribution in [0.3, 0.4) is 0 Å². The average molecular weight is 318 g/mol. The van der Waals surface area contributed by atoms with Gasteiger partial charge in [0.15, 0.2) is 0 Å². The lowest BCUT2D eigenvalue weighted by molar-refractivity contribution is 0.400. The maximum Gasteiger partial charge on any atom is 0.241 e. The lowest BCUT2D eigenvalue weighted by Crippen LogP contribution is -2.33. The Balaban J connectivity index is 1.63. The fourth-order valence-corrected chi connectivity index (χ4v) is 4.65. The zero-order chi connectivity index (χ0) is 15.2. The molecule has 0 radical (unpaired) electrons. The van der Waals surface area contributed by atoms with Crippen molar-refractivity contribution in [3.8, 4) is 0 Å². The van der Waals surface area contributed by atoms with E-state index in [1.54, 1.807) is 10.7 Å². The number of hydrogen-bond acceptors (Lipinski definition) is 4. The second-order valence-electron chi connectivity index (χ2n) is 5.94. The zero-order valence-electron chi connectivity index (χ0n) is 12.2. The summed E-state index contributed by atoms with van der Waals surface area (Å²) in [5.41, 5.74) is 2.44. The molecule has 22 heavy (non-hydrogen) atoms. The number of rotatable bonds is 3. The molecule has 6 nitrogen and oxygen atoms in total. The summed E-state index contributed by atoms with van der Waals surface area (Å²) in [6, 6.07) is 5.17. The molecule has 0 amide bonds. The van der Waals surface area contributed by atoms with Crippen molar-refractivity contribution in [2.75, 3.05) is 0 Å². The molecule has 7 heteroatoms. The van der Waals surface area contributed by atoms with Crippen LogP contribution < -0.4 is 4.72 Å². The molecular weight excluding hydrogens is 300 g/mol. The van der Waals surface area contributed by atoms with Gasteiger partial charge in [-0.25, -0.2) is 22.8 Å². The summed E-state index contributed by atoms with van der Waals surface area (Å²) in [6.07, 6.45) is 6.26. The van der Waals surface area contributed by atoms with E-state index in [1.807, 2.05) is 12.1 Å². The van der Waals surface area contributed by atoms with Crippen LogP contribution in [0.5, 0.6) is 0 Å². The van der Waals surface area contributed by atoms with Gasteiger partial charge in [0.2, 0.25) is 10.0 Å². The van der Waals surface area contributed by atoms with Crippen LogP contribution in [0.25, 0.3) is 0 Å². The van der Waals surface area contributed by atoms with E-state index in [0.29, 0.717) is 10.7 Å². The molecule has 1 aliphatic carbocycles. The fraction of sp³-hybridized carbons (Fsp3) is 0.467. The van der Waals surface area contributed by atoms with Crippen molar-refractivity contribution in [3.05, 3.63) is 41.5 Å². The van der Waals surface area contributed by atoms with E-state index in [1.165, 1.54) is 11.9 Å². The smallest absolute Gasteiger partial charge is 0.241 e. The normalized spacial score (nSPS) is 20.6. The van der Waals surface area contributed by atoms with E-state index in [0.717, 1.165) is 44.2 Å². The average Bonchev–Trinajstić information content (AvgIpc) is 3.15. The third kappa shape index (κ3) is 2.34. The van der Waals surface area contributed by atoms with Crippen LogP contribution in [0.1, 0.15) is 42.3 Å². The molecule has 0 saturated carbocycles. The first-order chi connectivity index (χ1) is 10.6. The first kappa shape index (κ1) is 13.9. The summed E-state index contributed by atoms with van der Waals surface area (Å²) in [6.45, 7) is 0.798. The van der Waals surface area contributed by atoms with Crippen molar-refractivity contribution < 1.29 is 8.42 Å². The van der Waals surface area contributed by atoms with Crippen LogP contribution >= 0.6 is 0 Å². The second kappa shape index (κ2) is 5.17. The van der Waals surface area contributed by atoms with Gasteiger partial charge in [-0.05, 0) is 55.4 Å². The van der Waals surface area contributed by atoms with Gasteiger partial charge in [-0.15, -0.1) is 0 Å².